The van der Waals surface area contributed by atoms with Crippen LogP contribution in [0, 0.1) is 5.41 Å². The molecule has 1 rings (SSSR count). The first-order valence-electron chi connectivity index (χ1n) is 7.67. The van der Waals surface area contributed by atoms with Gasteiger partial charge in [0.25, 0.3) is 0 Å². The summed E-state index contributed by atoms with van der Waals surface area (Å²) in [6.07, 6.45) is 0.768. The predicted molar refractivity (Wildman–Crippen MR) is 83.6 cm³/mol. The lowest BCUT2D eigenvalue weighted by atomic mass is 9.86. The fourth-order valence-corrected chi connectivity index (χ4v) is 2.43. The molecule has 0 aromatic rings. The van der Waals surface area contributed by atoms with Crippen molar-refractivity contribution >= 4 is 5.91 Å². The number of amides is 1. The zero-order valence-electron chi connectivity index (χ0n) is 13.8. The van der Waals surface area contributed by atoms with Crippen LogP contribution in [0.3, 0.4) is 0 Å². The van der Waals surface area contributed by atoms with E-state index in [2.05, 4.69) is 36.0 Å². The first-order valence-corrected chi connectivity index (χ1v) is 7.67. The molecule has 3 N–H and O–H groups in total. The van der Waals surface area contributed by atoms with E-state index in [1.54, 1.807) is 0 Å². The monoisotopic (exact) mass is 284 g/mol. The Balaban J connectivity index is 2.52. The molecule has 0 radical (unpaired) electrons. The summed E-state index contributed by atoms with van der Waals surface area (Å²) in [5, 5.41) is 3.10. The maximum atomic E-state index is 12.3. The average molecular weight is 284 g/mol. The highest BCUT2D eigenvalue weighted by Gasteiger charge is 2.33. The van der Waals surface area contributed by atoms with Gasteiger partial charge in [-0.05, 0) is 34.2 Å². The number of likely N-dealkylation sites (N-methyl/N-ethyl adjacent to an activating group) is 1. The van der Waals surface area contributed by atoms with Crippen LogP contribution in [0.1, 0.15) is 34.1 Å². The molecule has 0 aromatic carbocycles. The van der Waals surface area contributed by atoms with Crippen molar-refractivity contribution in [2.24, 2.45) is 11.1 Å². The molecule has 1 fully saturated rings. The van der Waals surface area contributed by atoms with Crippen LogP contribution in [0.5, 0.6) is 0 Å². The van der Waals surface area contributed by atoms with Gasteiger partial charge < -0.3 is 16.0 Å². The molecule has 1 atom stereocenters. The summed E-state index contributed by atoms with van der Waals surface area (Å²) < 4.78 is 0. The Morgan fingerprint density at radius 1 is 1.20 bits per heavy atom. The number of nitrogens with one attached hydrogen (secondary N) is 1. The number of carbonyl (C=O) groups excluding carboxylic acids is 1. The molecule has 0 bridgehead atoms. The lowest BCUT2D eigenvalue weighted by molar-refractivity contribution is -0.130. The van der Waals surface area contributed by atoms with E-state index in [0.717, 1.165) is 32.6 Å². The van der Waals surface area contributed by atoms with Crippen LogP contribution in [-0.2, 0) is 4.79 Å². The van der Waals surface area contributed by atoms with Gasteiger partial charge in [0, 0.05) is 44.8 Å². The first-order chi connectivity index (χ1) is 9.25. The van der Waals surface area contributed by atoms with E-state index in [4.69, 9.17) is 5.73 Å². The molecule has 0 aliphatic carbocycles. The van der Waals surface area contributed by atoms with E-state index in [0.29, 0.717) is 13.1 Å². The predicted octanol–water partition coefficient (Wildman–Crippen LogP) is 0.504. The third-order valence-corrected chi connectivity index (χ3v) is 4.82. The van der Waals surface area contributed by atoms with Gasteiger partial charge in [0.1, 0.15) is 0 Å². The molecule has 1 saturated heterocycles. The van der Waals surface area contributed by atoms with Crippen molar-refractivity contribution in [3.63, 3.8) is 0 Å². The summed E-state index contributed by atoms with van der Waals surface area (Å²) in [5.41, 5.74) is 5.28. The van der Waals surface area contributed by atoms with Gasteiger partial charge in [-0.1, -0.05) is 6.92 Å². The Morgan fingerprint density at radius 2 is 1.75 bits per heavy atom. The molecule has 118 valence electrons. The number of hydrogen-bond acceptors (Lipinski definition) is 4. The van der Waals surface area contributed by atoms with Crippen molar-refractivity contribution in [2.45, 2.75) is 39.7 Å². The SMILES string of the molecule is CCC(C)(CN)C(=O)NCC(C)(C)N1CCN(C)CC1. The summed E-state index contributed by atoms with van der Waals surface area (Å²) >= 11 is 0. The highest BCUT2D eigenvalue weighted by Crippen LogP contribution is 2.20. The summed E-state index contributed by atoms with van der Waals surface area (Å²) in [5.74, 6) is 0.0738. The molecule has 1 heterocycles. The molecule has 5 nitrogen and oxygen atoms in total. The van der Waals surface area contributed by atoms with Crippen molar-refractivity contribution in [3.05, 3.63) is 0 Å². The number of hydrogen-bond donors (Lipinski definition) is 2. The van der Waals surface area contributed by atoms with E-state index >= 15 is 0 Å². The molecule has 5 heteroatoms. The van der Waals surface area contributed by atoms with Gasteiger partial charge >= 0.3 is 0 Å². The number of nitrogens with two attached hydrogens (primary N) is 1. The van der Waals surface area contributed by atoms with Gasteiger partial charge in [-0.25, -0.2) is 0 Å². The quantitative estimate of drug-likeness (QED) is 0.746. The van der Waals surface area contributed by atoms with Crippen molar-refractivity contribution in [1.82, 2.24) is 15.1 Å². The Hall–Kier alpha value is -0.650. The van der Waals surface area contributed by atoms with E-state index in [9.17, 15) is 4.79 Å². The number of rotatable bonds is 6. The second kappa shape index (κ2) is 6.87. The topological polar surface area (TPSA) is 61.6 Å². The average Bonchev–Trinajstić information content (AvgIpc) is 2.44. The van der Waals surface area contributed by atoms with Gasteiger partial charge in [0.15, 0.2) is 0 Å². The maximum Gasteiger partial charge on any atom is 0.227 e. The summed E-state index contributed by atoms with van der Waals surface area (Å²) in [6.45, 7) is 13.7. The third-order valence-electron chi connectivity index (χ3n) is 4.82. The highest BCUT2D eigenvalue weighted by molar-refractivity contribution is 5.82. The molecule has 1 amide bonds. The Bertz CT molecular complexity index is 318. The first kappa shape index (κ1) is 17.4. The maximum absolute atomic E-state index is 12.3. The molecule has 0 aromatic heterocycles. The standard InChI is InChI=1S/C15H32N4O/c1-6-15(4,11-16)13(20)17-12-14(2,3)19-9-7-18(5)8-10-19/h6-12,16H2,1-5H3,(H,17,20). The summed E-state index contributed by atoms with van der Waals surface area (Å²) in [4.78, 5) is 17.1. The van der Waals surface area contributed by atoms with Crippen LogP contribution in [0.15, 0.2) is 0 Å². The summed E-state index contributed by atoms with van der Waals surface area (Å²) in [6, 6.07) is 0. The van der Waals surface area contributed by atoms with E-state index in [1.165, 1.54) is 0 Å². The van der Waals surface area contributed by atoms with Crippen LogP contribution in [0.4, 0.5) is 0 Å². The highest BCUT2D eigenvalue weighted by atomic mass is 16.2. The second-order valence-electron chi connectivity index (χ2n) is 6.90. The van der Waals surface area contributed by atoms with E-state index in [-0.39, 0.29) is 11.4 Å². The lowest BCUT2D eigenvalue weighted by Gasteiger charge is -2.43. The summed E-state index contributed by atoms with van der Waals surface area (Å²) in [7, 11) is 2.15. The molecule has 0 saturated carbocycles. The molecule has 1 aliphatic rings. The molecular formula is C15H32N4O. The minimum Gasteiger partial charge on any atom is -0.354 e. The van der Waals surface area contributed by atoms with Gasteiger partial charge in [-0.2, -0.15) is 0 Å². The minimum atomic E-state index is -0.446. The fourth-order valence-electron chi connectivity index (χ4n) is 2.43. The Kier molecular flexibility index (Phi) is 5.98. The van der Waals surface area contributed by atoms with E-state index < -0.39 is 5.41 Å². The van der Waals surface area contributed by atoms with Crippen LogP contribution in [0.25, 0.3) is 0 Å². The largest absolute Gasteiger partial charge is 0.354 e. The van der Waals surface area contributed by atoms with Gasteiger partial charge in [0.2, 0.25) is 5.91 Å². The van der Waals surface area contributed by atoms with Crippen LogP contribution < -0.4 is 11.1 Å². The van der Waals surface area contributed by atoms with Gasteiger partial charge in [-0.3, -0.25) is 9.69 Å². The molecule has 0 spiro atoms. The fraction of sp³-hybridized carbons (Fsp3) is 0.933. The van der Waals surface area contributed by atoms with Crippen molar-refractivity contribution in [2.75, 3.05) is 46.3 Å². The number of piperazine rings is 1. The van der Waals surface area contributed by atoms with Crippen LogP contribution >= 0.6 is 0 Å². The van der Waals surface area contributed by atoms with Crippen molar-refractivity contribution in [3.8, 4) is 0 Å². The van der Waals surface area contributed by atoms with Gasteiger partial charge in [-0.15, -0.1) is 0 Å². The number of nitrogens with zero attached hydrogens (tertiary/aromatic N) is 2. The molecule has 20 heavy (non-hydrogen) atoms. The van der Waals surface area contributed by atoms with Crippen LogP contribution in [-0.4, -0.2) is 67.6 Å². The Morgan fingerprint density at radius 3 is 2.20 bits per heavy atom. The molecule has 1 unspecified atom stereocenters. The Labute approximate surface area is 123 Å². The van der Waals surface area contributed by atoms with Crippen molar-refractivity contribution < 1.29 is 4.79 Å². The zero-order chi connectivity index (χ0) is 15.4. The van der Waals surface area contributed by atoms with Gasteiger partial charge in [0.05, 0.1) is 5.41 Å². The molecular weight excluding hydrogens is 252 g/mol. The van der Waals surface area contributed by atoms with E-state index in [1.807, 2.05) is 13.8 Å². The zero-order valence-corrected chi connectivity index (χ0v) is 13.8. The van der Waals surface area contributed by atoms with Crippen LogP contribution in [0.2, 0.25) is 0 Å². The third kappa shape index (κ3) is 4.17. The lowest BCUT2D eigenvalue weighted by Crippen LogP contribution is -2.59. The van der Waals surface area contributed by atoms with Crippen molar-refractivity contribution in [1.29, 1.82) is 0 Å². The number of carbonyl (C=O) groups is 1. The normalized spacial score (nSPS) is 21.5. The smallest absolute Gasteiger partial charge is 0.227 e. The minimum absolute atomic E-state index is 0.0137. The second-order valence-corrected chi connectivity index (χ2v) is 6.90. The molecule has 1 aliphatic heterocycles.